The van der Waals surface area contributed by atoms with Crippen molar-refractivity contribution in [2.24, 2.45) is 0 Å². The van der Waals surface area contributed by atoms with Gasteiger partial charge in [0, 0.05) is 5.56 Å². The monoisotopic (exact) mass is 283 g/mol. The number of aryl methyl sites for hydroxylation is 2. The minimum Gasteiger partial charge on any atom is -0.496 e. The third kappa shape index (κ3) is 2.48. The van der Waals surface area contributed by atoms with Crippen LogP contribution in [0.2, 0.25) is 0 Å². The molecule has 5 nitrogen and oxygen atoms in total. The van der Waals surface area contributed by atoms with Gasteiger partial charge in [-0.25, -0.2) is 4.68 Å². The molecular formula is C16H17N3O2. The van der Waals surface area contributed by atoms with Crippen LogP contribution in [0, 0.1) is 26.2 Å². The van der Waals surface area contributed by atoms with Crippen LogP contribution in [-0.4, -0.2) is 23.2 Å². The van der Waals surface area contributed by atoms with Crippen LogP contribution < -0.4 is 10.5 Å². The summed E-state index contributed by atoms with van der Waals surface area (Å²) in [6.45, 7) is 4.12. The number of anilines is 1. The zero-order chi connectivity index (χ0) is 15.6. The normalized spacial score (nSPS) is 10.2. The lowest BCUT2D eigenvalue weighted by molar-refractivity contribution is 0.112. The van der Waals surface area contributed by atoms with Gasteiger partial charge in [-0.3, -0.25) is 4.79 Å². The number of carbonyl (C=O) groups excluding carboxylic acids is 1. The van der Waals surface area contributed by atoms with Gasteiger partial charge in [0.1, 0.15) is 23.8 Å². The summed E-state index contributed by atoms with van der Waals surface area (Å²) in [7, 11) is 1.59. The quantitative estimate of drug-likeness (QED) is 0.690. The van der Waals surface area contributed by atoms with E-state index in [4.69, 9.17) is 16.9 Å². The topological polar surface area (TPSA) is 70.1 Å². The molecule has 0 amide bonds. The molecule has 2 rings (SSSR count). The molecule has 0 spiro atoms. The first-order valence-electron chi connectivity index (χ1n) is 6.44. The van der Waals surface area contributed by atoms with Gasteiger partial charge in [0.2, 0.25) is 0 Å². The van der Waals surface area contributed by atoms with Crippen molar-refractivity contribution in [2.45, 2.75) is 20.4 Å². The highest BCUT2D eigenvalue weighted by atomic mass is 16.5. The molecule has 0 fully saturated rings. The third-order valence-electron chi connectivity index (χ3n) is 3.27. The molecular weight excluding hydrogens is 266 g/mol. The van der Waals surface area contributed by atoms with E-state index < -0.39 is 0 Å². The molecule has 0 aliphatic heterocycles. The number of nitrogens with zero attached hydrogens (tertiary/aromatic N) is 2. The number of ether oxygens (including phenoxy) is 1. The molecule has 0 aliphatic rings. The lowest BCUT2D eigenvalue weighted by Gasteiger charge is -2.11. The van der Waals surface area contributed by atoms with Gasteiger partial charge in [0.25, 0.3) is 0 Å². The van der Waals surface area contributed by atoms with Gasteiger partial charge in [-0.2, -0.15) is 5.10 Å². The van der Waals surface area contributed by atoms with Crippen molar-refractivity contribution in [1.29, 1.82) is 0 Å². The maximum Gasteiger partial charge on any atom is 0.156 e. The highest BCUT2D eigenvalue weighted by molar-refractivity contribution is 5.93. The summed E-state index contributed by atoms with van der Waals surface area (Å²) < 4.78 is 6.89. The second kappa shape index (κ2) is 5.71. The van der Waals surface area contributed by atoms with Crippen LogP contribution in [0.25, 0.3) is 11.3 Å². The largest absolute Gasteiger partial charge is 0.496 e. The summed E-state index contributed by atoms with van der Waals surface area (Å²) in [6, 6.07) is 3.92. The van der Waals surface area contributed by atoms with Gasteiger partial charge in [-0.15, -0.1) is 6.42 Å². The smallest absolute Gasteiger partial charge is 0.156 e. The SMILES string of the molecule is C#CCn1nc(-c2cc(C)cc(C)c2OC)c(C=O)c1N. The minimum absolute atomic E-state index is 0.208. The minimum atomic E-state index is 0.208. The molecule has 0 radical (unpaired) electrons. The first-order chi connectivity index (χ1) is 10.0. The van der Waals surface area contributed by atoms with E-state index in [1.807, 2.05) is 26.0 Å². The van der Waals surface area contributed by atoms with Crippen molar-refractivity contribution in [3.05, 3.63) is 28.8 Å². The Hall–Kier alpha value is -2.74. The molecule has 0 aliphatic carbocycles. The van der Waals surface area contributed by atoms with Crippen molar-refractivity contribution < 1.29 is 9.53 Å². The summed E-state index contributed by atoms with van der Waals surface area (Å²) in [4.78, 5) is 11.4. The Morgan fingerprint density at radius 3 is 2.76 bits per heavy atom. The van der Waals surface area contributed by atoms with Crippen LogP contribution in [0.1, 0.15) is 21.5 Å². The average molecular weight is 283 g/mol. The lowest BCUT2D eigenvalue weighted by Crippen LogP contribution is -2.03. The van der Waals surface area contributed by atoms with Crippen molar-refractivity contribution in [2.75, 3.05) is 12.8 Å². The second-order valence-corrected chi connectivity index (χ2v) is 4.79. The Labute approximate surface area is 123 Å². The molecule has 21 heavy (non-hydrogen) atoms. The van der Waals surface area contributed by atoms with E-state index >= 15 is 0 Å². The van der Waals surface area contributed by atoms with E-state index in [1.165, 1.54) is 4.68 Å². The highest BCUT2D eigenvalue weighted by Gasteiger charge is 2.20. The Kier molecular flexibility index (Phi) is 3.99. The predicted molar refractivity (Wildman–Crippen MR) is 82.3 cm³/mol. The lowest BCUT2D eigenvalue weighted by atomic mass is 10.0. The number of benzene rings is 1. The van der Waals surface area contributed by atoms with Crippen LogP contribution in [-0.2, 0) is 6.54 Å². The standard InChI is InChI=1S/C16H17N3O2/c1-5-6-19-16(17)13(9-20)14(18-19)12-8-10(2)7-11(3)15(12)21-4/h1,7-9H,6,17H2,2-4H3. The van der Waals surface area contributed by atoms with Crippen molar-refractivity contribution in [3.8, 4) is 29.4 Å². The molecule has 0 saturated heterocycles. The molecule has 2 N–H and O–H groups in total. The summed E-state index contributed by atoms with van der Waals surface area (Å²) >= 11 is 0. The zero-order valence-electron chi connectivity index (χ0n) is 12.3. The number of carbonyl (C=O) groups is 1. The average Bonchev–Trinajstić information content (AvgIpc) is 2.75. The summed E-state index contributed by atoms with van der Waals surface area (Å²) in [5, 5.41) is 4.37. The number of rotatable bonds is 4. The summed E-state index contributed by atoms with van der Waals surface area (Å²) in [5.74, 6) is 3.40. The molecule has 2 aromatic rings. The van der Waals surface area contributed by atoms with Crippen LogP contribution >= 0.6 is 0 Å². The van der Waals surface area contributed by atoms with Gasteiger partial charge in [0.15, 0.2) is 6.29 Å². The number of aromatic nitrogens is 2. The van der Waals surface area contributed by atoms with Crippen LogP contribution in [0.5, 0.6) is 5.75 Å². The maximum absolute atomic E-state index is 11.4. The fourth-order valence-electron chi connectivity index (χ4n) is 2.41. The number of nitrogens with two attached hydrogens (primary N) is 1. The predicted octanol–water partition coefficient (Wildman–Crippen LogP) is 2.20. The number of methoxy groups -OCH3 is 1. The second-order valence-electron chi connectivity index (χ2n) is 4.79. The van der Waals surface area contributed by atoms with E-state index in [0.717, 1.165) is 16.7 Å². The number of nitrogen functional groups attached to an aromatic ring is 1. The molecule has 0 bridgehead atoms. The molecule has 1 aromatic carbocycles. The van der Waals surface area contributed by atoms with Crippen LogP contribution in [0.3, 0.4) is 0 Å². The number of terminal acetylenes is 1. The first kappa shape index (κ1) is 14.7. The van der Waals surface area contributed by atoms with Crippen LogP contribution in [0.4, 0.5) is 5.82 Å². The van der Waals surface area contributed by atoms with E-state index in [-0.39, 0.29) is 12.4 Å². The van der Waals surface area contributed by atoms with E-state index in [0.29, 0.717) is 23.3 Å². The Bertz CT molecular complexity index is 739. The first-order valence-corrected chi connectivity index (χ1v) is 6.44. The zero-order valence-corrected chi connectivity index (χ0v) is 12.3. The van der Waals surface area contributed by atoms with Crippen molar-refractivity contribution in [1.82, 2.24) is 9.78 Å². The van der Waals surface area contributed by atoms with E-state index in [2.05, 4.69) is 11.0 Å². The fourth-order valence-corrected chi connectivity index (χ4v) is 2.41. The Morgan fingerprint density at radius 1 is 1.48 bits per heavy atom. The molecule has 0 atom stereocenters. The van der Waals surface area contributed by atoms with Gasteiger partial charge in [0.05, 0.1) is 12.7 Å². The van der Waals surface area contributed by atoms with Crippen molar-refractivity contribution >= 4 is 12.1 Å². The van der Waals surface area contributed by atoms with Gasteiger partial charge >= 0.3 is 0 Å². The number of aldehydes is 1. The number of hydrogen-bond donors (Lipinski definition) is 1. The molecule has 5 heteroatoms. The Balaban J connectivity index is 2.75. The maximum atomic E-state index is 11.4. The summed E-state index contributed by atoms with van der Waals surface area (Å²) in [6.07, 6.45) is 5.99. The molecule has 1 heterocycles. The van der Waals surface area contributed by atoms with Gasteiger partial charge < -0.3 is 10.5 Å². The van der Waals surface area contributed by atoms with Crippen molar-refractivity contribution in [3.63, 3.8) is 0 Å². The third-order valence-corrected chi connectivity index (χ3v) is 3.27. The summed E-state index contributed by atoms with van der Waals surface area (Å²) in [5.41, 5.74) is 9.50. The van der Waals surface area contributed by atoms with Gasteiger partial charge in [-0.05, 0) is 31.0 Å². The highest BCUT2D eigenvalue weighted by Crippen LogP contribution is 2.36. The van der Waals surface area contributed by atoms with Gasteiger partial charge in [-0.1, -0.05) is 12.0 Å². The van der Waals surface area contributed by atoms with E-state index in [9.17, 15) is 4.79 Å². The molecule has 108 valence electrons. The molecule has 0 unspecified atom stereocenters. The molecule has 0 saturated carbocycles. The number of hydrogen-bond acceptors (Lipinski definition) is 4. The van der Waals surface area contributed by atoms with E-state index in [1.54, 1.807) is 7.11 Å². The Morgan fingerprint density at radius 2 is 2.19 bits per heavy atom. The molecule has 1 aromatic heterocycles. The fraction of sp³-hybridized carbons (Fsp3) is 0.250. The van der Waals surface area contributed by atoms with Crippen LogP contribution in [0.15, 0.2) is 12.1 Å².